The highest BCUT2D eigenvalue weighted by Crippen LogP contribution is 2.32. The van der Waals surface area contributed by atoms with Crippen molar-refractivity contribution in [3.05, 3.63) is 29.8 Å². The summed E-state index contributed by atoms with van der Waals surface area (Å²) < 4.78 is 5.40. The molecular formula is C19H21N3O3. The van der Waals surface area contributed by atoms with E-state index < -0.39 is 0 Å². The van der Waals surface area contributed by atoms with Crippen LogP contribution in [0.25, 0.3) is 11.0 Å². The number of pyridine rings is 1. The third kappa shape index (κ3) is 2.90. The molecular weight excluding hydrogens is 318 g/mol. The van der Waals surface area contributed by atoms with Crippen LogP contribution in [0.3, 0.4) is 0 Å². The second-order valence-corrected chi connectivity index (χ2v) is 6.79. The Morgan fingerprint density at radius 2 is 2.28 bits per heavy atom. The maximum Gasteiger partial charge on any atom is 0.270 e. The molecule has 2 bridgehead atoms. The number of nitrogens with zero attached hydrogens (tertiary/aromatic N) is 2. The van der Waals surface area contributed by atoms with Crippen LogP contribution in [0.1, 0.15) is 35.8 Å². The topological polar surface area (TPSA) is 78.6 Å². The van der Waals surface area contributed by atoms with Crippen LogP contribution in [-0.4, -0.2) is 52.7 Å². The van der Waals surface area contributed by atoms with Crippen molar-refractivity contribution in [3.63, 3.8) is 0 Å². The number of nitrogens with one attached hydrogen (secondary N) is 1. The summed E-state index contributed by atoms with van der Waals surface area (Å²) in [6.45, 7) is 4.22. The Morgan fingerprint density at radius 3 is 3.00 bits per heavy atom. The summed E-state index contributed by atoms with van der Waals surface area (Å²) >= 11 is 0. The second kappa shape index (κ2) is 6.51. The zero-order valence-corrected chi connectivity index (χ0v) is 14.2. The van der Waals surface area contributed by atoms with Crippen molar-refractivity contribution in [3.8, 4) is 11.8 Å². The first-order chi connectivity index (χ1) is 12.2. The molecule has 2 atom stereocenters. The van der Waals surface area contributed by atoms with E-state index in [1.54, 1.807) is 12.3 Å². The molecule has 0 spiro atoms. The minimum Gasteiger partial charge on any atom is -0.461 e. The van der Waals surface area contributed by atoms with Gasteiger partial charge in [-0.2, -0.15) is 0 Å². The van der Waals surface area contributed by atoms with Gasteiger partial charge in [-0.05, 0) is 44.8 Å². The lowest BCUT2D eigenvalue weighted by atomic mass is 9.79. The van der Waals surface area contributed by atoms with E-state index in [0.29, 0.717) is 28.8 Å². The first-order valence-corrected chi connectivity index (χ1v) is 8.69. The molecule has 6 heteroatoms. The zero-order chi connectivity index (χ0) is 17.4. The molecule has 3 saturated heterocycles. The summed E-state index contributed by atoms with van der Waals surface area (Å²) in [6, 6.07) is 2.24. The molecule has 2 aromatic heterocycles. The molecule has 6 nitrogen and oxygen atoms in total. The van der Waals surface area contributed by atoms with E-state index >= 15 is 0 Å². The molecule has 1 amide bonds. The van der Waals surface area contributed by atoms with Gasteiger partial charge in [-0.25, -0.2) is 4.98 Å². The number of hydrogen-bond donors (Lipinski definition) is 2. The third-order valence-electron chi connectivity index (χ3n) is 5.47. The standard InChI is InChI=1S/C19H21N3O3/c1-12-18(13-4-6-22(12)7-5-13)21-19(24)16-9-15-14(3-2-8-23)11-25-17(15)10-20-16/h9-13,18,23H,4-8H2,1H3,(H,21,24). The first-order valence-electron chi connectivity index (χ1n) is 8.69. The molecule has 0 aliphatic carbocycles. The lowest BCUT2D eigenvalue weighted by molar-refractivity contribution is 0.0216. The Kier molecular flexibility index (Phi) is 4.20. The summed E-state index contributed by atoms with van der Waals surface area (Å²) in [5, 5.41) is 12.8. The van der Waals surface area contributed by atoms with Gasteiger partial charge in [0.15, 0.2) is 5.58 Å². The van der Waals surface area contributed by atoms with Gasteiger partial charge in [0, 0.05) is 17.5 Å². The van der Waals surface area contributed by atoms with Gasteiger partial charge in [0.05, 0.1) is 11.8 Å². The number of piperidine rings is 3. The number of aliphatic hydroxyl groups excluding tert-OH is 1. The third-order valence-corrected chi connectivity index (χ3v) is 5.47. The van der Waals surface area contributed by atoms with Gasteiger partial charge in [-0.3, -0.25) is 9.69 Å². The highest BCUT2D eigenvalue weighted by molar-refractivity contribution is 5.97. The Balaban J connectivity index is 1.57. The number of hydrogen-bond acceptors (Lipinski definition) is 5. The van der Waals surface area contributed by atoms with Crippen LogP contribution in [0.5, 0.6) is 0 Å². The Bertz CT molecular complexity index is 854. The van der Waals surface area contributed by atoms with Gasteiger partial charge in [-0.1, -0.05) is 11.8 Å². The van der Waals surface area contributed by atoms with Crippen molar-refractivity contribution in [2.75, 3.05) is 19.7 Å². The lowest BCUT2D eigenvalue weighted by Crippen LogP contribution is -2.62. The zero-order valence-electron chi connectivity index (χ0n) is 14.2. The number of furan rings is 1. The van der Waals surface area contributed by atoms with Gasteiger partial charge in [-0.15, -0.1) is 0 Å². The second-order valence-electron chi connectivity index (χ2n) is 6.79. The van der Waals surface area contributed by atoms with Gasteiger partial charge in [0.1, 0.15) is 18.6 Å². The van der Waals surface area contributed by atoms with Crippen LogP contribution < -0.4 is 5.32 Å². The van der Waals surface area contributed by atoms with Gasteiger partial charge in [0.2, 0.25) is 0 Å². The predicted octanol–water partition coefficient (Wildman–Crippen LogP) is 1.38. The van der Waals surface area contributed by atoms with E-state index in [-0.39, 0.29) is 18.6 Å². The van der Waals surface area contributed by atoms with Crippen molar-refractivity contribution in [1.29, 1.82) is 0 Å². The van der Waals surface area contributed by atoms with Crippen LogP contribution in [0, 0.1) is 17.8 Å². The summed E-state index contributed by atoms with van der Waals surface area (Å²) in [6.07, 6.45) is 5.36. The fourth-order valence-electron chi connectivity index (χ4n) is 4.06. The van der Waals surface area contributed by atoms with E-state index in [1.165, 1.54) is 6.26 Å². The van der Waals surface area contributed by atoms with Crippen molar-refractivity contribution in [2.24, 2.45) is 5.92 Å². The molecule has 2 aromatic rings. The molecule has 0 radical (unpaired) electrons. The number of fused-ring (bicyclic) bond motifs is 4. The van der Waals surface area contributed by atoms with Crippen molar-refractivity contribution in [1.82, 2.24) is 15.2 Å². The summed E-state index contributed by atoms with van der Waals surface area (Å²) in [7, 11) is 0. The number of amides is 1. The molecule has 2 unspecified atom stereocenters. The van der Waals surface area contributed by atoms with E-state index in [2.05, 4.69) is 34.0 Å². The Labute approximate surface area is 146 Å². The maximum atomic E-state index is 12.7. The molecule has 130 valence electrons. The largest absolute Gasteiger partial charge is 0.461 e. The number of rotatable bonds is 2. The molecule has 5 heterocycles. The molecule has 3 fully saturated rings. The van der Waals surface area contributed by atoms with Crippen LogP contribution in [0.2, 0.25) is 0 Å². The number of aromatic nitrogens is 1. The van der Waals surface area contributed by atoms with Crippen molar-refractivity contribution in [2.45, 2.75) is 31.8 Å². The molecule has 0 aromatic carbocycles. The monoisotopic (exact) mass is 339 g/mol. The van der Waals surface area contributed by atoms with Crippen molar-refractivity contribution >= 4 is 16.9 Å². The van der Waals surface area contributed by atoms with Crippen LogP contribution in [-0.2, 0) is 0 Å². The number of aliphatic hydroxyl groups is 1. The smallest absolute Gasteiger partial charge is 0.270 e. The van der Waals surface area contributed by atoms with Crippen LogP contribution in [0.4, 0.5) is 0 Å². The highest BCUT2D eigenvalue weighted by atomic mass is 16.3. The fraction of sp³-hybridized carbons (Fsp3) is 0.474. The summed E-state index contributed by atoms with van der Waals surface area (Å²) in [5.41, 5.74) is 1.59. The van der Waals surface area contributed by atoms with Crippen molar-refractivity contribution < 1.29 is 14.3 Å². The van der Waals surface area contributed by atoms with E-state index in [4.69, 9.17) is 9.52 Å². The van der Waals surface area contributed by atoms with E-state index in [1.807, 2.05) is 0 Å². The SMILES string of the molecule is CC1C(NC(=O)c2cc3c(C#CCO)coc3cn2)C2CCN1CC2. The molecule has 3 aliphatic heterocycles. The highest BCUT2D eigenvalue weighted by Gasteiger charge is 2.40. The van der Waals surface area contributed by atoms with Gasteiger partial charge in [0.25, 0.3) is 5.91 Å². The lowest BCUT2D eigenvalue weighted by Gasteiger charge is -2.49. The van der Waals surface area contributed by atoms with E-state index in [0.717, 1.165) is 31.3 Å². The molecule has 5 rings (SSSR count). The Morgan fingerprint density at radius 1 is 1.48 bits per heavy atom. The molecule has 0 saturated carbocycles. The summed E-state index contributed by atoms with van der Waals surface area (Å²) in [5.74, 6) is 5.83. The normalized spacial score (nSPS) is 27.8. The minimum absolute atomic E-state index is 0.158. The quantitative estimate of drug-likeness (QED) is 0.809. The molecule has 3 aliphatic rings. The average Bonchev–Trinajstić information content (AvgIpc) is 3.05. The van der Waals surface area contributed by atoms with E-state index in [9.17, 15) is 4.79 Å². The number of carbonyl (C=O) groups excluding carboxylic acids is 1. The predicted molar refractivity (Wildman–Crippen MR) is 93.0 cm³/mol. The molecule has 25 heavy (non-hydrogen) atoms. The number of carbonyl (C=O) groups is 1. The maximum absolute atomic E-state index is 12.7. The van der Waals surface area contributed by atoms with Gasteiger partial charge >= 0.3 is 0 Å². The van der Waals surface area contributed by atoms with Gasteiger partial charge < -0.3 is 14.8 Å². The molecule has 2 N–H and O–H groups in total. The van der Waals surface area contributed by atoms with Crippen LogP contribution in [0.15, 0.2) is 22.9 Å². The fourth-order valence-corrected chi connectivity index (χ4v) is 4.06. The summed E-state index contributed by atoms with van der Waals surface area (Å²) in [4.78, 5) is 19.4. The average molecular weight is 339 g/mol. The minimum atomic E-state index is -0.220. The van der Waals surface area contributed by atoms with Crippen LogP contribution >= 0.6 is 0 Å². The first kappa shape index (κ1) is 16.1. The Hall–Kier alpha value is -2.36.